The number of nitrogens with one attached hydrogen (secondary N) is 1. The van der Waals surface area contributed by atoms with E-state index in [1.54, 1.807) is 6.07 Å². The number of rotatable bonds is 5. The third-order valence-electron chi connectivity index (χ3n) is 3.66. The zero-order valence-electron chi connectivity index (χ0n) is 13.0. The Morgan fingerprint density at radius 2 is 1.57 bits per heavy atom. The van der Waals surface area contributed by atoms with Crippen LogP contribution in [-0.4, -0.2) is 7.05 Å². The molecule has 0 aliphatic rings. The van der Waals surface area contributed by atoms with Gasteiger partial charge in [0.1, 0.15) is 5.75 Å². The molecule has 21 heavy (non-hydrogen) atoms. The van der Waals surface area contributed by atoms with Crippen molar-refractivity contribution in [2.75, 3.05) is 7.05 Å². The summed E-state index contributed by atoms with van der Waals surface area (Å²) < 4.78 is 19.7. The molecule has 0 aliphatic carbocycles. The van der Waals surface area contributed by atoms with E-state index in [0.29, 0.717) is 11.7 Å². The van der Waals surface area contributed by atoms with Gasteiger partial charge in [-0.3, -0.25) is 0 Å². The molecular weight excluding hydrogens is 265 g/mol. The van der Waals surface area contributed by atoms with E-state index in [0.717, 1.165) is 5.56 Å². The number of hydrogen-bond acceptors (Lipinski definition) is 2. The molecule has 0 aliphatic heterocycles. The van der Waals surface area contributed by atoms with Gasteiger partial charge in [0.15, 0.2) is 11.6 Å². The molecule has 3 heteroatoms. The quantitative estimate of drug-likeness (QED) is 0.833. The highest BCUT2D eigenvalue weighted by Crippen LogP contribution is 2.28. The van der Waals surface area contributed by atoms with E-state index in [1.807, 2.05) is 44.3 Å². The molecule has 0 fully saturated rings. The smallest absolute Gasteiger partial charge is 0.166 e. The summed E-state index contributed by atoms with van der Waals surface area (Å²) in [6, 6.07) is 12.9. The second kappa shape index (κ2) is 6.72. The maximum Gasteiger partial charge on any atom is 0.166 e. The molecule has 0 heterocycles. The highest BCUT2D eigenvalue weighted by atomic mass is 19.1. The van der Waals surface area contributed by atoms with E-state index in [1.165, 1.54) is 11.6 Å². The molecule has 0 aromatic heterocycles. The number of halogens is 1. The number of ether oxygens (including phenoxy) is 1. The minimum absolute atomic E-state index is 0.110. The van der Waals surface area contributed by atoms with Crippen molar-refractivity contribution < 1.29 is 9.13 Å². The van der Waals surface area contributed by atoms with Crippen molar-refractivity contribution in [2.24, 2.45) is 0 Å². The van der Waals surface area contributed by atoms with Gasteiger partial charge in [0.2, 0.25) is 0 Å². The molecule has 0 spiro atoms. The molecule has 112 valence electrons. The van der Waals surface area contributed by atoms with Crippen LogP contribution in [0.1, 0.15) is 43.9 Å². The molecule has 0 saturated carbocycles. The highest BCUT2D eigenvalue weighted by molar-refractivity contribution is 5.36. The predicted octanol–water partition coefficient (Wildman–Crippen LogP) is 5.02. The van der Waals surface area contributed by atoms with Crippen molar-refractivity contribution in [1.29, 1.82) is 0 Å². The van der Waals surface area contributed by atoms with Gasteiger partial charge in [-0.2, -0.15) is 0 Å². The van der Waals surface area contributed by atoms with Crippen molar-refractivity contribution >= 4 is 0 Å². The van der Waals surface area contributed by atoms with Crippen molar-refractivity contribution in [3.8, 4) is 11.5 Å². The van der Waals surface area contributed by atoms with Gasteiger partial charge >= 0.3 is 0 Å². The molecule has 2 aromatic rings. The second-order valence-electron chi connectivity index (χ2n) is 5.53. The maximum atomic E-state index is 14.1. The van der Waals surface area contributed by atoms with E-state index in [-0.39, 0.29) is 17.6 Å². The molecular formula is C18H22FNO. The fourth-order valence-corrected chi connectivity index (χ4v) is 2.08. The number of hydrogen-bond donors (Lipinski definition) is 1. The predicted molar refractivity (Wildman–Crippen MR) is 84.5 cm³/mol. The second-order valence-corrected chi connectivity index (χ2v) is 5.53. The van der Waals surface area contributed by atoms with E-state index < -0.39 is 0 Å². The lowest BCUT2D eigenvalue weighted by Gasteiger charge is -2.13. The van der Waals surface area contributed by atoms with Gasteiger partial charge in [-0.05, 0) is 55.3 Å². The van der Waals surface area contributed by atoms with Crippen LogP contribution < -0.4 is 10.1 Å². The van der Waals surface area contributed by atoms with Crippen LogP contribution in [0.25, 0.3) is 0 Å². The summed E-state index contributed by atoms with van der Waals surface area (Å²) in [6.07, 6.45) is 0. The normalized spacial score (nSPS) is 12.5. The molecule has 2 aromatic carbocycles. The Balaban J connectivity index is 2.16. The molecule has 0 radical (unpaired) electrons. The Bertz CT molecular complexity index is 593. The Morgan fingerprint density at radius 1 is 0.952 bits per heavy atom. The zero-order valence-corrected chi connectivity index (χ0v) is 13.0. The van der Waals surface area contributed by atoms with Gasteiger partial charge in [-0.25, -0.2) is 4.39 Å². The summed E-state index contributed by atoms with van der Waals surface area (Å²) >= 11 is 0. The molecule has 1 N–H and O–H groups in total. The average Bonchev–Trinajstić information content (AvgIpc) is 2.49. The van der Waals surface area contributed by atoms with Crippen LogP contribution in [0, 0.1) is 5.82 Å². The fourth-order valence-electron chi connectivity index (χ4n) is 2.08. The van der Waals surface area contributed by atoms with Crippen LogP contribution in [0.3, 0.4) is 0 Å². The summed E-state index contributed by atoms with van der Waals surface area (Å²) in [5.74, 6) is 1.02. The Kier molecular flexibility index (Phi) is 4.97. The first-order chi connectivity index (χ1) is 10.0. The van der Waals surface area contributed by atoms with Gasteiger partial charge in [0, 0.05) is 6.04 Å². The molecule has 2 nitrogen and oxygen atoms in total. The molecule has 1 unspecified atom stereocenters. The first kappa shape index (κ1) is 15.5. The zero-order chi connectivity index (χ0) is 15.4. The largest absolute Gasteiger partial charge is 0.454 e. The van der Waals surface area contributed by atoms with Crippen LogP contribution in [0.2, 0.25) is 0 Å². The summed E-state index contributed by atoms with van der Waals surface area (Å²) in [4.78, 5) is 0. The third kappa shape index (κ3) is 3.82. The van der Waals surface area contributed by atoms with Gasteiger partial charge in [-0.15, -0.1) is 0 Å². The SMILES string of the molecule is CNC(C)c1ccc(Oc2ccc(C(C)C)cc2)c(F)c1. The molecule has 2 rings (SSSR count). The van der Waals surface area contributed by atoms with Crippen LogP contribution in [0.4, 0.5) is 4.39 Å². The Hall–Kier alpha value is -1.87. The summed E-state index contributed by atoms with van der Waals surface area (Å²) in [7, 11) is 1.85. The highest BCUT2D eigenvalue weighted by Gasteiger charge is 2.09. The van der Waals surface area contributed by atoms with Gasteiger partial charge < -0.3 is 10.1 Å². The Labute approximate surface area is 126 Å². The lowest BCUT2D eigenvalue weighted by molar-refractivity contribution is 0.440. The maximum absolute atomic E-state index is 14.1. The summed E-state index contributed by atoms with van der Waals surface area (Å²) in [5, 5.41) is 3.09. The topological polar surface area (TPSA) is 21.3 Å². The van der Waals surface area contributed by atoms with E-state index in [4.69, 9.17) is 4.74 Å². The molecule has 0 amide bonds. The third-order valence-corrected chi connectivity index (χ3v) is 3.66. The van der Waals surface area contributed by atoms with Crippen molar-refractivity contribution in [3.63, 3.8) is 0 Å². The number of benzene rings is 2. The van der Waals surface area contributed by atoms with Crippen LogP contribution >= 0.6 is 0 Å². The molecule has 1 atom stereocenters. The van der Waals surface area contributed by atoms with E-state index in [2.05, 4.69) is 19.2 Å². The van der Waals surface area contributed by atoms with Crippen molar-refractivity contribution in [1.82, 2.24) is 5.32 Å². The fraction of sp³-hybridized carbons (Fsp3) is 0.333. The minimum Gasteiger partial charge on any atom is -0.454 e. The lowest BCUT2D eigenvalue weighted by atomic mass is 10.0. The Morgan fingerprint density at radius 3 is 2.10 bits per heavy atom. The van der Waals surface area contributed by atoms with Gasteiger partial charge in [0.05, 0.1) is 0 Å². The van der Waals surface area contributed by atoms with Crippen LogP contribution in [-0.2, 0) is 0 Å². The van der Waals surface area contributed by atoms with Crippen molar-refractivity contribution in [3.05, 3.63) is 59.4 Å². The monoisotopic (exact) mass is 287 g/mol. The lowest BCUT2D eigenvalue weighted by Crippen LogP contribution is -2.12. The average molecular weight is 287 g/mol. The van der Waals surface area contributed by atoms with Gasteiger partial charge in [0.25, 0.3) is 0 Å². The first-order valence-corrected chi connectivity index (χ1v) is 7.25. The molecule has 0 saturated heterocycles. The van der Waals surface area contributed by atoms with E-state index in [9.17, 15) is 4.39 Å². The van der Waals surface area contributed by atoms with Crippen LogP contribution in [0.5, 0.6) is 11.5 Å². The van der Waals surface area contributed by atoms with Crippen molar-refractivity contribution in [2.45, 2.75) is 32.7 Å². The standard InChI is InChI=1S/C18H22FNO/c1-12(2)14-5-8-16(9-6-14)21-18-10-7-15(11-17(18)19)13(3)20-4/h5-13,20H,1-4H3. The first-order valence-electron chi connectivity index (χ1n) is 7.25. The molecule has 0 bridgehead atoms. The summed E-state index contributed by atoms with van der Waals surface area (Å²) in [5.41, 5.74) is 2.14. The summed E-state index contributed by atoms with van der Waals surface area (Å²) in [6.45, 7) is 6.26. The van der Waals surface area contributed by atoms with Crippen LogP contribution in [0.15, 0.2) is 42.5 Å². The van der Waals surface area contributed by atoms with Gasteiger partial charge in [-0.1, -0.05) is 32.0 Å². The minimum atomic E-state index is -0.345. The van der Waals surface area contributed by atoms with E-state index >= 15 is 0 Å².